The first-order chi connectivity index (χ1) is 6.27. The topological polar surface area (TPSA) is 29.5 Å². The number of rotatable bonds is 3. The lowest BCUT2D eigenvalue weighted by molar-refractivity contribution is 0.000370. The van der Waals surface area contributed by atoms with Gasteiger partial charge in [-0.25, -0.2) is 0 Å². The Balaban J connectivity index is 2.41. The van der Waals surface area contributed by atoms with Crippen LogP contribution in [0.25, 0.3) is 0 Å². The Morgan fingerprint density at radius 2 is 2.38 bits per heavy atom. The molecule has 0 aromatic carbocycles. The van der Waals surface area contributed by atoms with E-state index in [9.17, 15) is 5.11 Å². The van der Waals surface area contributed by atoms with Crippen LogP contribution in [0.15, 0.2) is 24.8 Å². The van der Waals surface area contributed by atoms with Crippen molar-refractivity contribution >= 4 is 0 Å². The van der Waals surface area contributed by atoms with Gasteiger partial charge in [0.15, 0.2) is 0 Å². The molecule has 0 aromatic heterocycles. The molecular weight excluding hydrogens is 164 g/mol. The zero-order chi connectivity index (χ0) is 9.68. The lowest BCUT2D eigenvalue weighted by atomic mass is 10.1. The Kier molecular flexibility index (Phi) is 3.75. The van der Waals surface area contributed by atoms with Crippen molar-refractivity contribution in [2.45, 2.75) is 31.2 Å². The number of hydrogen-bond donors (Lipinski definition) is 1. The van der Waals surface area contributed by atoms with Gasteiger partial charge < -0.3 is 9.84 Å². The van der Waals surface area contributed by atoms with Gasteiger partial charge >= 0.3 is 0 Å². The van der Waals surface area contributed by atoms with E-state index in [2.05, 4.69) is 12.5 Å². The van der Waals surface area contributed by atoms with Crippen molar-refractivity contribution in [2.75, 3.05) is 0 Å². The van der Waals surface area contributed by atoms with E-state index in [-0.39, 0.29) is 12.2 Å². The second-order valence-corrected chi connectivity index (χ2v) is 3.04. The van der Waals surface area contributed by atoms with E-state index in [1.165, 1.54) is 6.08 Å². The average molecular weight is 178 g/mol. The van der Waals surface area contributed by atoms with Gasteiger partial charge in [0.25, 0.3) is 0 Å². The zero-order valence-corrected chi connectivity index (χ0v) is 7.52. The molecule has 1 aliphatic rings. The molecule has 0 amide bonds. The molecule has 3 atom stereocenters. The lowest BCUT2D eigenvalue weighted by Gasteiger charge is -2.14. The van der Waals surface area contributed by atoms with Gasteiger partial charge in [0.1, 0.15) is 0 Å². The van der Waals surface area contributed by atoms with Crippen molar-refractivity contribution in [2.24, 2.45) is 0 Å². The fourth-order valence-electron chi connectivity index (χ4n) is 1.40. The summed E-state index contributed by atoms with van der Waals surface area (Å²) in [6, 6.07) is 0. The van der Waals surface area contributed by atoms with Crippen molar-refractivity contribution in [3.05, 3.63) is 24.8 Å². The summed E-state index contributed by atoms with van der Waals surface area (Å²) >= 11 is 0. The van der Waals surface area contributed by atoms with E-state index >= 15 is 0 Å². The number of hydrogen-bond acceptors (Lipinski definition) is 2. The van der Waals surface area contributed by atoms with Crippen LogP contribution in [0.2, 0.25) is 0 Å². The van der Waals surface area contributed by atoms with Gasteiger partial charge in [-0.1, -0.05) is 12.0 Å². The second-order valence-electron chi connectivity index (χ2n) is 3.04. The number of aliphatic hydroxyl groups is 1. The van der Waals surface area contributed by atoms with Crippen LogP contribution in [0.3, 0.4) is 0 Å². The van der Waals surface area contributed by atoms with Gasteiger partial charge in [-0.2, -0.15) is 0 Å². The Labute approximate surface area is 78.9 Å². The van der Waals surface area contributed by atoms with E-state index < -0.39 is 6.10 Å². The maximum Gasteiger partial charge on any atom is 0.0980 e. The monoisotopic (exact) mass is 178 g/mol. The molecule has 1 saturated heterocycles. The Morgan fingerprint density at radius 1 is 1.62 bits per heavy atom. The minimum Gasteiger partial charge on any atom is -0.386 e. The predicted molar refractivity (Wildman–Crippen MR) is 52.1 cm³/mol. The predicted octanol–water partition coefficient (Wildman–Crippen LogP) is 1.27. The van der Waals surface area contributed by atoms with Crippen LogP contribution in [0.5, 0.6) is 0 Å². The molecule has 2 nitrogen and oxygen atoms in total. The standard InChI is InChI=1S/C11H14O2/c1-3-5-6-9-7-8-11(13-9)10(12)4-2/h1,4-6,9-12H,2,7-8H2/b6-5+/t9-,10+,11+/m1/s1. The van der Waals surface area contributed by atoms with Gasteiger partial charge in [-0.3, -0.25) is 0 Å². The third-order valence-corrected chi connectivity index (χ3v) is 2.11. The molecule has 13 heavy (non-hydrogen) atoms. The summed E-state index contributed by atoms with van der Waals surface area (Å²) in [5, 5.41) is 9.39. The summed E-state index contributed by atoms with van der Waals surface area (Å²) in [6.07, 6.45) is 11.2. The minimum atomic E-state index is -0.566. The number of aliphatic hydroxyl groups excluding tert-OH is 1. The normalized spacial score (nSPS) is 30.2. The van der Waals surface area contributed by atoms with E-state index in [1.807, 2.05) is 6.08 Å². The maximum atomic E-state index is 9.39. The molecule has 0 aliphatic carbocycles. The van der Waals surface area contributed by atoms with Gasteiger partial charge in [-0.05, 0) is 25.0 Å². The highest BCUT2D eigenvalue weighted by Gasteiger charge is 2.27. The molecule has 0 radical (unpaired) electrons. The van der Waals surface area contributed by atoms with Crippen molar-refractivity contribution in [1.29, 1.82) is 0 Å². The summed E-state index contributed by atoms with van der Waals surface area (Å²) in [6.45, 7) is 3.51. The first-order valence-electron chi connectivity index (χ1n) is 4.37. The molecule has 1 rings (SSSR count). The number of ether oxygens (including phenoxy) is 1. The summed E-state index contributed by atoms with van der Waals surface area (Å²) < 4.78 is 5.51. The van der Waals surface area contributed by atoms with Crippen molar-refractivity contribution < 1.29 is 9.84 Å². The summed E-state index contributed by atoms with van der Waals surface area (Å²) in [4.78, 5) is 0. The largest absolute Gasteiger partial charge is 0.386 e. The highest BCUT2D eigenvalue weighted by atomic mass is 16.5. The molecule has 0 unspecified atom stereocenters. The molecule has 0 bridgehead atoms. The van der Waals surface area contributed by atoms with Crippen LogP contribution in [-0.4, -0.2) is 23.4 Å². The molecule has 2 heteroatoms. The van der Waals surface area contributed by atoms with E-state index in [4.69, 9.17) is 11.2 Å². The highest BCUT2D eigenvalue weighted by molar-refractivity contribution is 5.11. The molecule has 1 fully saturated rings. The highest BCUT2D eigenvalue weighted by Crippen LogP contribution is 2.23. The van der Waals surface area contributed by atoms with Crippen molar-refractivity contribution in [1.82, 2.24) is 0 Å². The van der Waals surface area contributed by atoms with Crippen molar-refractivity contribution in [3.8, 4) is 12.3 Å². The fraction of sp³-hybridized carbons (Fsp3) is 0.455. The third-order valence-electron chi connectivity index (χ3n) is 2.11. The minimum absolute atomic E-state index is 0.0515. The molecule has 0 spiro atoms. The number of allylic oxidation sites excluding steroid dienone is 1. The average Bonchev–Trinajstić information content (AvgIpc) is 2.62. The van der Waals surface area contributed by atoms with Gasteiger partial charge in [-0.15, -0.1) is 13.0 Å². The zero-order valence-electron chi connectivity index (χ0n) is 7.52. The van der Waals surface area contributed by atoms with Crippen LogP contribution < -0.4 is 0 Å². The molecule has 0 saturated carbocycles. The molecular formula is C11H14O2. The van der Waals surface area contributed by atoms with Crippen LogP contribution in [0.4, 0.5) is 0 Å². The van der Waals surface area contributed by atoms with E-state index in [0.29, 0.717) is 0 Å². The maximum absolute atomic E-state index is 9.39. The smallest absolute Gasteiger partial charge is 0.0980 e. The molecule has 1 N–H and O–H groups in total. The first-order valence-corrected chi connectivity index (χ1v) is 4.37. The SMILES string of the molecule is C#C/C=C/[C@@H]1CC[C@@H]([C@@H](O)C=C)O1. The van der Waals surface area contributed by atoms with Gasteiger partial charge in [0.2, 0.25) is 0 Å². The lowest BCUT2D eigenvalue weighted by Crippen LogP contribution is -2.23. The Bertz CT molecular complexity index is 237. The van der Waals surface area contributed by atoms with Crippen molar-refractivity contribution in [3.63, 3.8) is 0 Å². The summed E-state index contributed by atoms with van der Waals surface area (Å²) in [5.41, 5.74) is 0. The summed E-state index contributed by atoms with van der Waals surface area (Å²) in [7, 11) is 0. The third kappa shape index (κ3) is 2.73. The van der Waals surface area contributed by atoms with Crippen LogP contribution in [0, 0.1) is 12.3 Å². The Hall–Kier alpha value is -1.04. The van der Waals surface area contributed by atoms with Gasteiger partial charge in [0, 0.05) is 0 Å². The number of terminal acetylenes is 1. The van der Waals surface area contributed by atoms with Crippen LogP contribution >= 0.6 is 0 Å². The Morgan fingerprint density at radius 3 is 3.00 bits per heavy atom. The summed E-state index contributed by atoms with van der Waals surface area (Å²) in [5.74, 6) is 2.41. The quantitative estimate of drug-likeness (QED) is 0.521. The fourth-order valence-corrected chi connectivity index (χ4v) is 1.40. The molecule has 0 aromatic rings. The van der Waals surface area contributed by atoms with Gasteiger partial charge in [0.05, 0.1) is 18.3 Å². The van der Waals surface area contributed by atoms with E-state index in [1.54, 1.807) is 6.08 Å². The van der Waals surface area contributed by atoms with Crippen LogP contribution in [-0.2, 0) is 4.74 Å². The first kappa shape index (κ1) is 10.0. The van der Waals surface area contributed by atoms with Crippen LogP contribution in [0.1, 0.15) is 12.8 Å². The second kappa shape index (κ2) is 4.86. The molecule has 1 heterocycles. The molecule has 70 valence electrons. The molecule has 1 aliphatic heterocycles. The van der Waals surface area contributed by atoms with E-state index in [0.717, 1.165) is 12.8 Å².